The van der Waals surface area contributed by atoms with Gasteiger partial charge < -0.3 is 9.84 Å². The van der Waals surface area contributed by atoms with E-state index >= 15 is 0 Å². The first kappa shape index (κ1) is 30.0. The number of azo groups is 2. The normalized spacial score (nSPS) is 11.8. The minimum absolute atomic E-state index is 0.158. The van der Waals surface area contributed by atoms with Crippen molar-refractivity contribution >= 4 is 61.5 Å². The van der Waals surface area contributed by atoms with E-state index in [1.807, 2.05) is 18.2 Å². The summed E-state index contributed by atoms with van der Waals surface area (Å²) < 4.78 is 41.8. The molecule has 44 heavy (non-hydrogen) atoms. The summed E-state index contributed by atoms with van der Waals surface area (Å²) in [5.74, 6) is 0.0861. The molecule has 0 aliphatic heterocycles. The minimum atomic E-state index is -4.90. The van der Waals surface area contributed by atoms with Crippen molar-refractivity contribution in [2.45, 2.75) is 18.7 Å². The molecule has 0 spiro atoms. The second kappa shape index (κ2) is 12.8. The van der Waals surface area contributed by atoms with Crippen LogP contribution in [0.2, 0.25) is 0 Å². The molecule has 0 bridgehead atoms. The van der Waals surface area contributed by atoms with Gasteiger partial charge in [-0.1, -0.05) is 48.5 Å². The molecule has 10 nitrogen and oxygen atoms in total. The van der Waals surface area contributed by atoms with Gasteiger partial charge >= 0.3 is 10.2 Å². The van der Waals surface area contributed by atoms with E-state index in [9.17, 15) is 22.2 Å². The van der Waals surface area contributed by atoms with E-state index in [-0.39, 0.29) is 22.8 Å². The third-order valence-corrected chi connectivity index (χ3v) is 7.43. The van der Waals surface area contributed by atoms with E-state index in [1.54, 1.807) is 74.5 Å². The number of anilines is 2. The lowest BCUT2D eigenvalue weighted by molar-refractivity contribution is -0.106. The van der Waals surface area contributed by atoms with Crippen molar-refractivity contribution in [1.82, 2.24) is 0 Å². The number of hydrogen-bond donors (Lipinski definition) is 1. The van der Waals surface area contributed by atoms with Crippen LogP contribution in [-0.4, -0.2) is 26.5 Å². The lowest BCUT2D eigenvalue weighted by Crippen LogP contribution is -2.14. The number of aryl methyl sites for hydroxylation is 1. The number of aromatic hydroxyl groups is 1. The number of phenolic OH excluding ortho intramolecular Hbond substituents is 1. The van der Waals surface area contributed by atoms with Gasteiger partial charge in [0.1, 0.15) is 22.0 Å². The van der Waals surface area contributed by atoms with Crippen LogP contribution in [-0.2, 0) is 15.0 Å². The third-order valence-electron chi connectivity index (χ3n) is 6.61. The standard InChI is InChI=1S/C32H26FN5O5S/c1-3-43-30-18-23(34-36-28-19-25(44(33,41)42)15-13-21(28)2)14-16-27(30)35-37-31-26-12-8-7-9-22(26)17-29(32(31)40)38(20-39)24-10-5-4-6-11-24/h4-20,40H,3H2,1-2H3. The second-order valence-corrected chi connectivity index (χ2v) is 10.8. The van der Waals surface area contributed by atoms with Crippen molar-refractivity contribution in [1.29, 1.82) is 0 Å². The fourth-order valence-electron chi connectivity index (χ4n) is 4.42. The highest BCUT2D eigenvalue weighted by molar-refractivity contribution is 7.86. The molecule has 0 fully saturated rings. The Hall–Kier alpha value is -5.49. The minimum Gasteiger partial charge on any atom is -0.504 e. The van der Waals surface area contributed by atoms with Gasteiger partial charge in [0.2, 0.25) is 6.41 Å². The molecular weight excluding hydrogens is 585 g/mol. The number of carbonyl (C=O) groups excluding carboxylic acids is 1. The molecule has 5 aromatic carbocycles. The number of halogens is 1. The second-order valence-electron chi connectivity index (χ2n) is 9.50. The van der Waals surface area contributed by atoms with Crippen molar-refractivity contribution in [3.63, 3.8) is 0 Å². The third kappa shape index (κ3) is 6.45. The van der Waals surface area contributed by atoms with E-state index < -0.39 is 15.1 Å². The number of carbonyl (C=O) groups is 1. The number of amides is 1. The van der Waals surface area contributed by atoms with Crippen LogP contribution >= 0.6 is 0 Å². The smallest absolute Gasteiger partial charge is 0.332 e. The Balaban J connectivity index is 1.53. The lowest BCUT2D eigenvalue weighted by atomic mass is 10.1. The first-order chi connectivity index (χ1) is 21.2. The first-order valence-electron chi connectivity index (χ1n) is 13.4. The Morgan fingerprint density at radius 3 is 2.32 bits per heavy atom. The average Bonchev–Trinajstić information content (AvgIpc) is 3.01. The van der Waals surface area contributed by atoms with Gasteiger partial charge in [-0.3, -0.25) is 9.69 Å². The van der Waals surface area contributed by atoms with Gasteiger partial charge in [0, 0.05) is 17.1 Å². The van der Waals surface area contributed by atoms with Gasteiger partial charge in [0.25, 0.3) is 0 Å². The Bertz CT molecular complexity index is 2020. The lowest BCUT2D eigenvalue weighted by Gasteiger charge is -2.20. The zero-order chi connectivity index (χ0) is 31.3. The monoisotopic (exact) mass is 611 g/mol. The molecule has 0 aliphatic carbocycles. The molecule has 0 saturated heterocycles. The predicted molar refractivity (Wildman–Crippen MR) is 166 cm³/mol. The molecule has 1 N–H and O–H groups in total. The van der Waals surface area contributed by atoms with E-state index in [1.165, 1.54) is 11.0 Å². The largest absolute Gasteiger partial charge is 0.504 e. The number of fused-ring (bicyclic) bond motifs is 1. The van der Waals surface area contributed by atoms with Crippen LogP contribution in [0.3, 0.4) is 0 Å². The van der Waals surface area contributed by atoms with Crippen LogP contribution in [0.4, 0.5) is 38.0 Å². The molecular formula is C32H26FN5O5S. The van der Waals surface area contributed by atoms with Crippen LogP contribution in [0.25, 0.3) is 10.8 Å². The SMILES string of the molecule is CCOc1cc(N=Nc2cc(S(=O)(=O)F)ccc2C)ccc1N=Nc1c(O)c(N(C=O)c2ccccc2)cc2ccccc12. The van der Waals surface area contributed by atoms with Crippen molar-refractivity contribution in [2.24, 2.45) is 20.5 Å². The highest BCUT2D eigenvalue weighted by Gasteiger charge is 2.19. The molecule has 222 valence electrons. The fraction of sp³-hybridized carbons (Fsp3) is 0.0938. The van der Waals surface area contributed by atoms with Gasteiger partial charge in [-0.2, -0.15) is 18.6 Å². The van der Waals surface area contributed by atoms with Crippen LogP contribution in [0.15, 0.2) is 122 Å². The highest BCUT2D eigenvalue weighted by atomic mass is 32.3. The highest BCUT2D eigenvalue weighted by Crippen LogP contribution is 2.46. The zero-order valence-corrected chi connectivity index (χ0v) is 24.4. The van der Waals surface area contributed by atoms with Gasteiger partial charge in [0.05, 0.1) is 23.7 Å². The van der Waals surface area contributed by atoms with Crippen LogP contribution in [0.5, 0.6) is 11.5 Å². The van der Waals surface area contributed by atoms with Crippen molar-refractivity contribution in [3.05, 3.63) is 103 Å². The summed E-state index contributed by atoms with van der Waals surface area (Å²) in [4.78, 5) is 13.0. The zero-order valence-electron chi connectivity index (χ0n) is 23.6. The maximum Gasteiger partial charge on any atom is 0.332 e. The maximum absolute atomic E-state index is 13.5. The maximum atomic E-state index is 13.5. The molecule has 0 heterocycles. The molecule has 0 unspecified atom stereocenters. The Morgan fingerprint density at radius 1 is 0.864 bits per heavy atom. The van der Waals surface area contributed by atoms with E-state index in [0.29, 0.717) is 46.8 Å². The van der Waals surface area contributed by atoms with Gasteiger partial charge in [-0.05, 0) is 67.3 Å². The predicted octanol–water partition coefficient (Wildman–Crippen LogP) is 9.04. The fourth-order valence-corrected chi connectivity index (χ4v) is 4.90. The number of nitrogens with zero attached hydrogens (tertiary/aromatic N) is 5. The number of para-hydroxylation sites is 1. The summed E-state index contributed by atoms with van der Waals surface area (Å²) in [5.41, 5.74) is 2.44. The molecule has 5 rings (SSSR count). The van der Waals surface area contributed by atoms with Crippen LogP contribution < -0.4 is 9.64 Å². The van der Waals surface area contributed by atoms with Crippen LogP contribution in [0, 0.1) is 6.92 Å². The molecule has 1 amide bonds. The number of hydrogen-bond acceptors (Lipinski definition) is 9. The summed E-state index contributed by atoms with van der Waals surface area (Å²) in [7, 11) is -4.90. The van der Waals surface area contributed by atoms with E-state index in [4.69, 9.17) is 4.74 Å². The van der Waals surface area contributed by atoms with Gasteiger partial charge in [-0.25, -0.2) is 0 Å². The molecule has 0 saturated carbocycles. The van der Waals surface area contributed by atoms with Crippen molar-refractivity contribution in [3.8, 4) is 11.5 Å². The first-order valence-corrected chi connectivity index (χ1v) is 14.8. The molecule has 0 radical (unpaired) electrons. The number of rotatable bonds is 10. The summed E-state index contributed by atoms with van der Waals surface area (Å²) in [5, 5.41) is 29.7. The van der Waals surface area contributed by atoms with Gasteiger partial charge in [-0.15, -0.1) is 14.1 Å². The average molecular weight is 612 g/mol. The van der Waals surface area contributed by atoms with Gasteiger partial charge in [0.15, 0.2) is 5.75 Å². The molecule has 0 aromatic heterocycles. The summed E-state index contributed by atoms with van der Waals surface area (Å²) in [6, 6.07) is 26.4. The summed E-state index contributed by atoms with van der Waals surface area (Å²) >= 11 is 0. The Morgan fingerprint density at radius 2 is 1.59 bits per heavy atom. The topological polar surface area (TPSA) is 133 Å². The molecule has 5 aromatic rings. The molecule has 0 atom stereocenters. The Labute approximate surface area is 253 Å². The molecule has 12 heteroatoms. The molecule has 0 aliphatic rings. The van der Waals surface area contributed by atoms with E-state index in [2.05, 4.69) is 20.5 Å². The van der Waals surface area contributed by atoms with E-state index in [0.717, 1.165) is 17.5 Å². The summed E-state index contributed by atoms with van der Waals surface area (Å²) in [6.45, 7) is 3.79. The number of benzene rings is 5. The van der Waals surface area contributed by atoms with Crippen molar-refractivity contribution in [2.75, 3.05) is 11.5 Å². The van der Waals surface area contributed by atoms with Crippen molar-refractivity contribution < 1.29 is 26.9 Å². The number of phenols is 1. The van der Waals surface area contributed by atoms with Crippen LogP contribution in [0.1, 0.15) is 12.5 Å². The quantitative estimate of drug-likeness (QED) is 0.0955. The summed E-state index contributed by atoms with van der Waals surface area (Å²) in [6.07, 6.45) is 0.620. The Kier molecular flexibility index (Phi) is 8.72. The number of ether oxygens (including phenoxy) is 1.